The monoisotopic (exact) mass is 253 g/mol. The zero-order chi connectivity index (χ0) is 14.1. The number of aryl methyl sites for hydroxylation is 1. The second-order valence-electron chi connectivity index (χ2n) is 4.43. The van der Waals surface area contributed by atoms with Crippen molar-refractivity contribution in [2.45, 2.75) is 19.8 Å². The SMILES string of the molecule is C=C/C(=C\C=C\NC)C(=C)Cc1cccc(CC)c1. The van der Waals surface area contributed by atoms with Crippen molar-refractivity contribution in [3.05, 3.63) is 84.1 Å². The molecule has 1 rings (SSSR count). The smallest absolute Gasteiger partial charge is 0.00277 e. The van der Waals surface area contributed by atoms with Crippen LogP contribution in [0.25, 0.3) is 0 Å². The van der Waals surface area contributed by atoms with E-state index in [-0.39, 0.29) is 0 Å². The maximum absolute atomic E-state index is 4.16. The Morgan fingerprint density at radius 3 is 2.68 bits per heavy atom. The van der Waals surface area contributed by atoms with E-state index in [0.717, 1.165) is 24.0 Å². The molecule has 1 aromatic carbocycles. The lowest BCUT2D eigenvalue weighted by Gasteiger charge is -2.08. The molecule has 1 heteroatoms. The minimum atomic E-state index is 0.860. The molecule has 1 aromatic rings. The van der Waals surface area contributed by atoms with E-state index in [4.69, 9.17) is 0 Å². The molecule has 0 aromatic heterocycles. The van der Waals surface area contributed by atoms with Gasteiger partial charge in [-0.1, -0.05) is 56.5 Å². The lowest BCUT2D eigenvalue weighted by molar-refractivity contribution is 1.10. The molecule has 100 valence electrons. The Labute approximate surface area is 117 Å². The molecule has 0 radical (unpaired) electrons. The van der Waals surface area contributed by atoms with Gasteiger partial charge in [0.15, 0.2) is 0 Å². The van der Waals surface area contributed by atoms with Gasteiger partial charge in [-0.2, -0.15) is 0 Å². The van der Waals surface area contributed by atoms with E-state index >= 15 is 0 Å². The fourth-order valence-corrected chi connectivity index (χ4v) is 1.89. The van der Waals surface area contributed by atoms with Crippen molar-refractivity contribution in [1.29, 1.82) is 0 Å². The minimum Gasteiger partial charge on any atom is -0.394 e. The average Bonchev–Trinajstić information content (AvgIpc) is 2.43. The molecule has 0 bridgehead atoms. The maximum Gasteiger partial charge on any atom is 0.00277 e. The van der Waals surface area contributed by atoms with Gasteiger partial charge < -0.3 is 5.32 Å². The van der Waals surface area contributed by atoms with Gasteiger partial charge in [0.1, 0.15) is 0 Å². The second kappa shape index (κ2) is 8.15. The third-order valence-corrected chi connectivity index (χ3v) is 2.98. The van der Waals surface area contributed by atoms with Crippen LogP contribution >= 0.6 is 0 Å². The van der Waals surface area contributed by atoms with Crippen molar-refractivity contribution in [2.75, 3.05) is 7.05 Å². The number of nitrogens with one attached hydrogen (secondary N) is 1. The Balaban J connectivity index is 2.79. The maximum atomic E-state index is 4.16. The Morgan fingerprint density at radius 1 is 1.32 bits per heavy atom. The topological polar surface area (TPSA) is 12.0 Å². The highest BCUT2D eigenvalue weighted by molar-refractivity contribution is 5.42. The molecule has 1 nitrogen and oxygen atoms in total. The van der Waals surface area contributed by atoms with E-state index in [1.165, 1.54) is 11.1 Å². The highest BCUT2D eigenvalue weighted by Gasteiger charge is 2.01. The summed E-state index contributed by atoms with van der Waals surface area (Å²) < 4.78 is 0. The number of hydrogen-bond acceptors (Lipinski definition) is 1. The molecule has 0 aliphatic carbocycles. The van der Waals surface area contributed by atoms with Crippen molar-refractivity contribution in [1.82, 2.24) is 5.32 Å². The summed E-state index contributed by atoms with van der Waals surface area (Å²) in [7, 11) is 1.88. The van der Waals surface area contributed by atoms with Gasteiger partial charge in [0.2, 0.25) is 0 Å². The van der Waals surface area contributed by atoms with Gasteiger partial charge >= 0.3 is 0 Å². The first-order chi connectivity index (χ1) is 9.21. The van der Waals surface area contributed by atoms with E-state index in [0.29, 0.717) is 0 Å². The van der Waals surface area contributed by atoms with Crippen LogP contribution in [0.1, 0.15) is 18.1 Å². The van der Waals surface area contributed by atoms with Crippen molar-refractivity contribution >= 4 is 0 Å². The van der Waals surface area contributed by atoms with Crippen LogP contribution < -0.4 is 5.32 Å². The highest BCUT2D eigenvalue weighted by atomic mass is 14.8. The van der Waals surface area contributed by atoms with E-state index in [2.05, 4.69) is 49.7 Å². The Kier molecular flexibility index (Phi) is 6.45. The van der Waals surface area contributed by atoms with Crippen LogP contribution in [-0.2, 0) is 12.8 Å². The summed E-state index contributed by atoms with van der Waals surface area (Å²) in [4.78, 5) is 0. The summed E-state index contributed by atoms with van der Waals surface area (Å²) in [6.07, 6.45) is 9.65. The van der Waals surface area contributed by atoms with Gasteiger partial charge in [-0.05, 0) is 47.4 Å². The van der Waals surface area contributed by atoms with Crippen LogP contribution in [0.2, 0.25) is 0 Å². The third kappa shape index (κ3) is 5.01. The summed E-state index contributed by atoms with van der Waals surface area (Å²) in [5.74, 6) is 0. The molecule has 0 heterocycles. The van der Waals surface area contributed by atoms with E-state index in [9.17, 15) is 0 Å². The summed E-state index contributed by atoms with van der Waals surface area (Å²) in [5, 5.41) is 2.96. The van der Waals surface area contributed by atoms with Crippen molar-refractivity contribution in [2.24, 2.45) is 0 Å². The second-order valence-corrected chi connectivity index (χ2v) is 4.43. The van der Waals surface area contributed by atoms with Crippen LogP contribution in [0.15, 0.2) is 73.0 Å². The van der Waals surface area contributed by atoms with Gasteiger partial charge in [-0.25, -0.2) is 0 Å². The fraction of sp³-hybridized carbons (Fsp3) is 0.222. The fourth-order valence-electron chi connectivity index (χ4n) is 1.89. The number of hydrogen-bond donors (Lipinski definition) is 1. The zero-order valence-corrected chi connectivity index (χ0v) is 11.9. The molecule has 0 saturated carbocycles. The zero-order valence-electron chi connectivity index (χ0n) is 11.9. The first-order valence-corrected chi connectivity index (χ1v) is 6.63. The van der Waals surface area contributed by atoms with Crippen molar-refractivity contribution < 1.29 is 0 Å². The number of allylic oxidation sites excluding steroid dienone is 5. The van der Waals surface area contributed by atoms with Gasteiger partial charge in [0.25, 0.3) is 0 Å². The molecule has 0 saturated heterocycles. The predicted octanol–water partition coefficient (Wildman–Crippen LogP) is 4.19. The quantitative estimate of drug-likeness (QED) is 0.718. The summed E-state index contributed by atoms with van der Waals surface area (Å²) in [6, 6.07) is 8.66. The molecule has 0 aliphatic heterocycles. The molecule has 0 atom stereocenters. The molecule has 1 N–H and O–H groups in total. The Hall–Kier alpha value is -2.02. The van der Waals surface area contributed by atoms with Crippen LogP contribution in [0, 0.1) is 0 Å². The van der Waals surface area contributed by atoms with E-state index in [1.807, 2.05) is 31.5 Å². The molecule has 19 heavy (non-hydrogen) atoms. The Morgan fingerprint density at radius 2 is 2.05 bits per heavy atom. The van der Waals surface area contributed by atoms with Crippen molar-refractivity contribution in [3.8, 4) is 0 Å². The third-order valence-electron chi connectivity index (χ3n) is 2.98. The molecular weight excluding hydrogens is 230 g/mol. The molecular formula is C18H23N. The summed E-state index contributed by atoms with van der Waals surface area (Å²) in [6.45, 7) is 10.2. The van der Waals surface area contributed by atoms with Crippen LogP contribution in [0.4, 0.5) is 0 Å². The number of benzene rings is 1. The first kappa shape index (κ1) is 15.0. The molecule has 0 fully saturated rings. The molecule has 0 spiro atoms. The highest BCUT2D eigenvalue weighted by Crippen LogP contribution is 2.17. The van der Waals surface area contributed by atoms with Crippen molar-refractivity contribution in [3.63, 3.8) is 0 Å². The van der Waals surface area contributed by atoms with Gasteiger partial charge in [0, 0.05) is 7.05 Å². The normalized spacial score (nSPS) is 11.6. The summed E-state index contributed by atoms with van der Waals surface area (Å²) >= 11 is 0. The summed E-state index contributed by atoms with van der Waals surface area (Å²) in [5.41, 5.74) is 4.83. The standard InChI is InChI=1S/C18H23N/c1-5-16-9-7-10-17(14-16)13-15(3)18(6-2)11-8-12-19-4/h6-12,14,19H,2-3,5,13H2,1,4H3/b12-8+,18-11+. The van der Waals surface area contributed by atoms with Gasteiger partial charge in [0.05, 0.1) is 0 Å². The average molecular weight is 253 g/mol. The number of rotatable bonds is 7. The first-order valence-electron chi connectivity index (χ1n) is 6.63. The molecule has 0 unspecified atom stereocenters. The largest absolute Gasteiger partial charge is 0.394 e. The van der Waals surface area contributed by atoms with Crippen LogP contribution in [0.3, 0.4) is 0 Å². The minimum absolute atomic E-state index is 0.860. The van der Waals surface area contributed by atoms with Gasteiger partial charge in [-0.3, -0.25) is 0 Å². The molecule has 0 amide bonds. The lowest BCUT2D eigenvalue weighted by atomic mass is 9.97. The van der Waals surface area contributed by atoms with E-state index in [1.54, 1.807) is 0 Å². The van der Waals surface area contributed by atoms with Crippen LogP contribution in [-0.4, -0.2) is 7.05 Å². The Bertz CT molecular complexity index is 492. The lowest BCUT2D eigenvalue weighted by Crippen LogP contribution is -1.94. The van der Waals surface area contributed by atoms with E-state index < -0.39 is 0 Å². The molecule has 0 aliphatic rings. The van der Waals surface area contributed by atoms with Gasteiger partial charge in [-0.15, -0.1) is 0 Å². The van der Waals surface area contributed by atoms with Crippen LogP contribution in [0.5, 0.6) is 0 Å². The predicted molar refractivity (Wildman–Crippen MR) is 85.1 cm³/mol.